The molecule has 4 heteroatoms. The molecule has 0 aromatic heterocycles. The molecule has 96 valence electrons. The van der Waals surface area contributed by atoms with Gasteiger partial charge in [0.1, 0.15) is 5.60 Å². The van der Waals surface area contributed by atoms with Crippen LogP contribution in [0.1, 0.15) is 47.0 Å². The molecule has 0 aromatic rings. The average Bonchev–Trinajstić information content (AvgIpc) is 2.14. The number of amides is 1. The number of hydrogen-bond acceptors (Lipinski definition) is 3. The summed E-state index contributed by atoms with van der Waals surface area (Å²) in [6.45, 7) is 9.54. The van der Waals surface area contributed by atoms with E-state index in [2.05, 4.69) is 6.92 Å². The highest BCUT2D eigenvalue weighted by Crippen LogP contribution is 2.10. The molecule has 2 N–H and O–H groups in total. The highest BCUT2D eigenvalue weighted by molar-refractivity contribution is 5.68. The lowest BCUT2D eigenvalue weighted by molar-refractivity contribution is 0.0252. The van der Waals surface area contributed by atoms with Crippen molar-refractivity contribution < 1.29 is 9.53 Å². The van der Waals surface area contributed by atoms with E-state index >= 15 is 0 Å². The third kappa shape index (κ3) is 7.51. The lowest BCUT2D eigenvalue weighted by atomic mass is 10.2. The highest BCUT2D eigenvalue weighted by Gasteiger charge is 2.20. The number of hydrogen-bond donors (Lipinski definition) is 1. The summed E-state index contributed by atoms with van der Waals surface area (Å²) < 4.78 is 5.31. The van der Waals surface area contributed by atoms with E-state index in [0.717, 1.165) is 25.8 Å². The molecule has 0 unspecified atom stereocenters. The van der Waals surface area contributed by atoms with Gasteiger partial charge in [-0.15, -0.1) is 0 Å². The standard InChI is InChI=1S/C12H26N2O2/c1-5-6-7-9-14(10-8-13)11(15)16-12(2,3)4/h5-10,13H2,1-4H3. The molecule has 0 aliphatic heterocycles. The van der Waals surface area contributed by atoms with Crippen molar-refractivity contribution >= 4 is 6.09 Å². The van der Waals surface area contributed by atoms with Crippen molar-refractivity contribution in [3.05, 3.63) is 0 Å². The van der Waals surface area contributed by atoms with E-state index in [0.29, 0.717) is 13.1 Å². The van der Waals surface area contributed by atoms with Crippen LogP contribution >= 0.6 is 0 Å². The van der Waals surface area contributed by atoms with Crippen LogP contribution in [0.2, 0.25) is 0 Å². The number of nitrogens with zero attached hydrogens (tertiary/aromatic N) is 1. The largest absolute Gasteiger partial charge is 0.444 e. The summed E-state index contributed by atoms with van der Waals surface area (Å²) in [5, 5.41) is 0. The molecule has 1 amide bonds. The fourth-order valence-electron chi connectivity index (χ4n) is 1.33. The van der Waals surface area contributed by atoms with Gasteiger partial charge < -0.3 is 15.4 Å². The fraction of sp³-hybridized carbons (Fsp3) is 0.917. The van der Waals surface area contributed by atoms with Gasteiger partial charge in [-0.2, -0.15) is 0 Å². The van der Waals surface area contributed by atoms with Gasteiger partial charge in [0.05, 0.1) is 0 Å². The first-order chi connectivity index (χ1) is 7.40. The topological polar surface area (TPSA) is 55.6 Å². The Hall–Kier alpha value is -0.770. The molecule has 0 atom stereocenters. The zero-order valence-electron chi connectivity index (χ0n) is 11.1. The van der Waals surface area contributed by atoms with Crippen LogP contribution in [-0.2, 0) is 4.74 Å². The van der Waals surface area contributed by atoms with Crippen molar-refractivity contribution in [3.8, 4) is 0 Å². The summed E-state index contributed by atoms with van der Waals surface area (Å²) >= 11 is 0. The Morgan fingerprint density at radius 1 is 1.25 bits per heavy atom. The minimum atomic E-state index is -0.436. The maximum atomic E-state index is 11.8. The molecular formula is C12H26N2O2. The normalized spacial score (nSPS) is 11.3. The molecule has 0 bridgehead atoms. The van der Waals surface area contributed by atoms with E-state index in [1.54, 1.807) is 4.90 Å². The zero-order valence-corrected chi connectivity index (χ0v) is 11.1. The van der Waals surface area contributed by atoms with E-state index < -0.39 is 5.60 Å². The Morgan fingerprint density at radius 2 is 1.88 bits per heavy atom. The molecule has 0 heterocycles. The quantitative estimate of drug-likeness (QED) is 0.713. The van der Waals surface area contributed by atoms with E-state index in [-0.39, 0.29) is 6.09 Å². The van der Waals surface area contributed by atoms with Crippen LogP contribution in [0.4, 0.5) is 4.79 Å². The summed E-state index contributed by atoms with van der Waals surface area (Å²) in [6.07, 6.45) is 3.03. The van der Waals surface area contributed by atoms with Crippen molar-refractivity contribution in [2.75, 3.05) is 19.6 Å². The molecular weight excluding hydrogens is 204 g/mol. The predicted octanol–water partition coefficient (Wildman–Crippen LogP) is 2.37. The van der Waals surface area contributed by atoms with Crippen LogP contribution in [0.3, 0.4) is 0 Å². The average molecular weight is 230 g/mol. The van der Waals surface area contributed by atoms with Gasteiger partial charge in [0, 0.05) is 19.6 Å². The maximum absolute atomic E-state index is 11.8. The molecule has 16 heavy (non-hydrogen) atoms. The zero-order chi connectivity index (χ0) is 12.6. The molecule has 0 spiro atoms. The van der Waals surface area contributed by atoms with Crippen LogP contribution in [0.15, 0.2) is 0 Å². The lowest BCUT2D eigenvalue weighted by Crippen LogP contribution is -2.40. The van der Waals surface area contributed by atoms with E-state index in [9.17, 15) is 4.79 Å². The minimum absolute atomic E-state index is 0.256. The van der Waals surface area contributed by atoms with Gasteiger partial charge in [-0.1, -0.05) is 19.8 Å². The van der Waals surface area contributed by atoms with E-state index in [1.165, 1.54) is 0 Å². The first-order valence-electron chi connectivity index (χ1n) is 6.08. The summed E-state index contributed by atoms with van der Waals surface area (Å²) in [5.74, 6) is 0. The molecule has 0 aromatic carbocycles. The Morgan fingerprint density at radius 3 is 2.31 bits per heavy atom. The molecule has 0 fully saturated rings. The smallest absolute Gasteiger partial charge is 0.410 e. The van der Waals surface area contributed by atoms with Gasteiger partial charge in [0.2, 0.25) is 0 Å². The summed E-state index contributed by atoms with van der Waals surface area (Å²) in [4.78, 5) is 13.5. The Labute approximate surface area is 99.1 Å². The minimum Gasteiger partial charge on any atom is -0.444 e. The van der Waals surface area contributed by atoms with Crippen molar-refractivity contribution in [1.29, 1.82) is 0 Å². The molecule has 0 radical (unpaired) electrons. The summed E-state index contributed by atoms with van der Waals surface area (Å²) in [7, 11) is 0. The van der Waals surface area contributed by atoms with Gasteiger partial charge in [-0.05, 0) is 27.2 Å². The van der Waals surface area contributed by atoms with Crippen LogP contribution in [0.25, 0.3) is 0 Å². The molecule has 0 saturated heterocycles. The second-order valence-corrected chi connectivity index (χ2v) is 4.96. The van der Waals surface area contributed by atoms with E-state index in [1.807, 2.05) is 20.8 Å². The van der Waals surface area contributed by atoms with Crippen LogP contribution < -0.4 is 5.73 Å². The fourth-order valence-corrected chi connectivity index (χ4v) is 1.33. The van der Waals surface area contributed by atoms with Gasteiger partial charge in [0.25, 0.3) is 0 Å². The highest BCUT2D eigenvalue weighted by atomic mass is 16.6. The van der Waals surface area contributed by atoms with Gasteiger partial charge in [0.15, 0.2) is 0 Å². The Kier molecular flexibility index (Phi) is 7.13. The van der Waals surface area contributed by atoms with E-state index in [4.69, 9.17) is 10.5 Å². The Bertz CT molecular complexity index is 200. The summed E-state index contributed by atoms with van der Waals surface area (Å²) in [5.41, 5.74) is 5.05. The number of nitrogens with two attached hydrogens (primary N) is 1. The van der Waals surface area contributed by atoms with Crippen molar-refractivity contribution in [2.45, 2.75) is 52.6 Å². The van der Waals surface area contributed by atoms with Crippen molar-refractivity contribution in [3.63, 3.8) is 0 Å². The van der Waals surface area contributed by atoms with Gasteiger partial charge in [-0.3, -0.25) is 0 Å². The van der Waals surface area contributed by atoms with Crippen LogP contribution in [0.5, 0.6) is 0 Å². The first-order valence-corrected chi connectivity index (χ1v) is 6.08. The maximum Gasteiger partial charge on any atom is 0.410 e. The Balaban J connectivity index is 4.12. The number of carbonyl (C=O) groups is 1. The number of ether oxygens (including phenoxy) is 1. The van der Waals surface area contributed by atoms with Crippen LogP contribution in [-0.4, -0.2) is 36.2 Å². The predicted molar refractivity (Wildman–Crippen MR) is 66.4 cm³/mol. The third-order valence-corrected chi connectivity index (χ3v) is 2.08. The lowest BCUT2D eigenvalue weighted by Gasteiger charge is -2.27. The first kappa shape index (κ1) is 15.2. The molecule has 0 aliphatic carbocycles. The molecule has 0 aliphatic rings. The molecule has 4 nitrogen and oxygen atoms in total. The van der Waals surface area contributed by atoms with Gasteiger partial charge in [-0.25, -0.2) is 4.79 Å². The van der Waals surface area contributed by atoms with Crippen LogP contribution in [0, 0.1) is 0 Å². The van der Waals surface area contributed by atoms with Crippen molar-refractivity contribution in [2.24, 2.45) is 5.73 Å². The van der Waals surface area contributed by atoms with Gasteiger partial charge >= 0.3 is 6.09 Å². The molecule has 0 rings (SSSR count). The second-order valence-electron chi connectivity index (χ2n) is 4.96. The molecule has 0 saturated carbocycles. The summed E-state index contributed by atoms with van der Waals surface area (Å²) in [6, 6.07) is 0. The number of unbranched alkanes of at least 4 members (excludes halogenated alkanes) is 2. The van der Waals surface area contributed by atoms with Crippen molar-refractivity contribution in [1.82, 2.24) is 4.90 Å². The SMILES string of the molecule is CCCCCN(CCN)C(=O)OC(C)(C)C. The number of rotatable bonds is 6. The third-order valence-electron chi connectivity index (χ3n) is 2.08. The number of carbonyl (C=O) groups excluding carboxylic acids is 1. The monoisotopic (exact) mass is 230 g/mol. The second kappa shape index (κ2) is 7.49.